The molecule has 0 spiro atoms. The lowest BCUT2D eigenvalue weighted by Gasteiger charge is -2.39. The van der Waals surface area contributed by atoms with E-state index in [-0.39, 0.29) is 24.4 Å². The summed E-state index contributed by atoms with van der Waals surface area (Å²) in [6.45, 7) is 3.80. The zero-order valence-corrected chi connectivity index (χ0v) is 15.8. The summed E-state index contributed by atoms with van der Waals surface area (Å²) >= 11 is 0. The molecule has 27 heavy (non-hydrogen) atoms. The molecule has 0 bridgehead atoms. The van der Waals surface area contributed by atoms with Gasteiger partial charge in [0.1, 0.15) is 0 Å². The molecule has 0 fully saturated rings. The number of nitrogens with zero attached hydrogens (tertiary/aromatic N) is 3. The minimum Gasteiger partial charge on any atom is -0.465 e. The van der Waals surface area contributed by atoms with Gasteiger partial charge >= 0.3 is 6.09 Å². The van der Waals surface area contributed by atoms with Crippen LogP contribution >= 0.6 is 12.4 Å². The van der Waals surface area contributed by atoms with Crippen molar-refractivity contribution in [2.24, 2.45) is 5.73 Å². The summed E-state index contributed by atoms with van der Waals surface area (Å²) in [5.74, 6) is 0.753. The summed E-state index contributed by atoms with van der Waals surface area (Å²) in [6.07, 6.45) is -0.149. The molecule has 0 radical (unpaired) electrons. The topological polar surface area (TPSA) is 135 Å². The highest BCUT2D eigenvalue weighted by Crippen LogP contribution is 2.39. The Labute approximate surface area is 162 Å². The number of carboxylic acid groups (broad SMARTS) is 1. The maximum Gasteiger partial charge on any atom is 0.405 e. The fourth-order valence-corrected chi connectivity index (χ4v) is 3.37. The van der Waals surface area contributed by atoms with Gasteiger partial charge in [0.2, 0.25) is 17.6 Å². The van der Waals surface area contributed by atoms with Gasteiger partial charge in [-0.3, -0.25) is 4.79 Å². The van der Waals surface area contributed by atoms with Gasteiger partial charge in [-0.1, -0.05) is 5.16 Å². The maximum absolute atomic E-state index is 12.1. The summed E-state index contributed by atoms with van der Waals surface area (Å²) < 4.78 is 5.16. The van der Waals surface area contributed by atoms with Gasteiger partial charge in [0.25, 0.3) is 0 Å². The van der Waals surface area contributed by atoms with E-state index in [0.717, 1.165) is 0 Å². The largest absolute Gasteiger partial charge is 0.465 e. The van der Waals surface area contributed by atoms with Crippen LogP contribution in [0.2, 0.25) is 0 Å². The van der Waals surface area contributed by atoms with Crippen LogP contribution < -0.4 is 16.0 Å². The van der Waals surface area contributed by atoms with Crippen LogP contribution in [0.3, 0.4) is 0 Å². The SMILES string of the molecule is CC(=O)N1c2ccc(-c3noc(CCN)n3)cc2[C@H](NC(=O)O)C[C@@H]1C.Cl. The van der Waals surface area contributed by atoms with Crippen LogP contribution in [0.15, 0.2) is 22.7 Å². The summed E-state index contributed by atoms with van der Waals surface area (Å²) in [5.41, 5.74) is 7.57. The highest BCUT2D eigenvalue weighted by molar-refractivity contribution is 5.94. The number of benzene rings is 1. The highest BCUT2D eigenvalue weighted by atomic mass is 35.5. The van der Waals surface area contributed by atoms with Gasteiger partial charge in [-0.05, 0) is 37.1 Å². The Hall–Kier alpha value is -2.65. The average Bonchev–Trinajstić information content (AvgIpc) is 3.02. The quantitative estimate of drug-likeness (QED) is 0.721. The van der Waals surface area contributed by atoms with Crippen LogP contribution in [0.25, 0.3) is 11.4 Å². The van der Waals surface area contributed by atoms with Crippen molar-refractivity contribution in [2.45, 2.75) is 38.8 Å². The maximum atomic E-state index is 12.1. The van der Waals surface area contributed by atoms with Gasteiger partial charge in [0, 0.05) is 37.2 Å². The Balaban J connectivity index is 0.00000261. The molecule has 3 rings (SSSR count). The van der Waals surface area contributed by atoms with Crippen molar-refractivity contribution in [3.63, 3.8) is 0 Å². The van der Waals surface area contributed by atoms with Crippen LogP contribution in [0, 0.1) is 0 Å². The molecule has 1 aromatic carbocycles. The second-order valence-corrected chi connectivity index (χ2v) is 6.30. The van der Waals surface area contributed by atoms with E-state index in [0.29, 0.717) is 47.9 Å². The zero-order chi connectivity index (χ0) is 18.8. The lowest BCUT2D eigenvalue weighted by molar-refractivity contribution is -0.117. The highest BCUT2D eigenvalue weighted by Gasteiger charge is 2.33. The molecule has 0 unspecified atom stereocenters. The Bertz CT molecular complexity index is 840. The standard InChI is InChI=1S/C17H21N5O4.ClH/c1-9-7-13(19-17(24)25)12-8-11(3-4-14(12)22(9)10(2)23)16-20-15(5-6-18)26-21-16;/h3-4,8-9,13,19H,5-7,18H2,1-2H3,(H,24,25);1H/t9-,13+;/m0./s1. The molecule has 0 saturated heterocycles. The zero-order valence-electron chi connectivity index (χ0n) is 15.0. The summed E-state index contributed by atoms with van der Waals surface area (Å²) in [5, 5.41) is 15.6. The van der Waals surface area contributed by atoms with E-state index in [2.05, 4.69) is 15.5 Å². The van der Waals surface area contributed by atoms with Crippen molar-refractivity contribution >= 4 is 30.1 Å². The lowest BCUT2D eigenvalue weighted by atomic mass is 9.90. The monoisotopic (exact) mass is 395 g/mol. The van der Waals surface area contributed by atoms with Crippen molar-refractivity contribution < 1.29 is 19.2 Å². The van der Waals surface area contributed by atoms with E-state index >= 15 is 0 Å². The third-order valence-corrected chi connectivity index (χ3v) is 4.40. The third kappa shape index (κ3) is 4.20. The molecule has 2 heterocycles. The van der Waals surface area contributed by atoms with Gasteiger partial charge in [-0.25, -0.2) is 4.79 Å². The number of halogens is 1. The van der Waals surface area contributed by atoms with E-state index in [4.69, 9.17) is 15.4 Å². The van der Waals surface area contributed by atoms with Gasteiger partial charge in [-0.2, -0.15) is 4.98 Å². The van der Waals surface area contributed by atoms with Crippen LogP contribution in [-0.4, -0.2) is 39.8 Å². The number of nitrogens with two attached hydrogens (primary N) is 1. The van der Waals surface area contributed by atoms with Gasteiger partial charge in [0.15, 0.2) is 0 Å². The summed E-state index contributed by atoms with van der Waals surface area (Å²) in [6, 6.07) is 4.83. The first-order valence-electron chi connectivity index (χ1n) is 8.37. The number of fused-ring (bicyclic) bond motifs is 1. The molecule has 0 saturated carbocycles. The molecule has 2 amide bonds. The first-order chi connectivity index (χ1) is 12.4. The van der Waals surface area contributed by atoms with E-state index in [1.807, 2.05) is 6.92 Å². The van der Waals surface area contributed by atoms with Crippen LogP contribution in [0.1, 0.15) is 37.8 Å². The molecule has 2 aromatic rings. The summed E-state index contributed by atoms with van der Waals surface area (Å²) in [7, 11) is 0. The molecule has 4 N–H and O–H groups in total. The number of rotatable bonds is 4. The lowest BCUT2D eigenvalue weighted by Crippen LogP contribution is -2.45. The fraction of sp³-hybridized carbons (Fsp3) is 0.412. The molecule has 10 heteroatoms. The van der Waals surface area contributed by atoms with E-state index in [1.165, 1.54) is 6.92 Å². The Morgan fingerprint density at radius 1 is 1.44 bits per heavy atom. The van der Waals surface area contributed by atoms with Crippen molar-refractivity contribution in [1.82, 2.24) is 15.5 Å². The van der Waals surface area contributed by atoms with Gasteiger partial charge in [0.05, 0.1) is 6.04 Å². The van der Waals surface area contributed by atoms with Crippen LogP contribution in [0.5, 0.6) is 0 Å². The van der Waals surface area contributed by atoms with E-state index < -0.39 is 12.1 Å². The summed E-state index contributed by atoms with van der Waals surface area (Å²) in [4.78, 5) is 29.2. The molecular weight excluding hydrogens is 374 g/mol. The fourth-order valence-electron chi connectivity index (χ4n) is 3.37. The number of aromatic nitrogens is 2. The average molecular weight is 396 g/mol. The number of carbonyl (C=O) groups is 2. The van der Waals surface area contributed by atoms with Crippen molar-refractivity contribution in [3.05, 3.63) is 29.7 Å². The van der Waals surface area contributed by atoms with Gasteiger partial charge < -0.3 is 25.6 Å². The molecule has 1 aromatic heterocycles. The van der Waals surface area contributed by atoms with Gasteiger partial charge in [-0.15, -0.1) is 12.4 Å². The van der Waals surface area contributed by atoms with Crippen molar-refractivity contribution in [1.29, 1.82) is 0 Å². The molecular formula is C17H22ClN5O4. The van der Waals surface area contributed by atoms with Crippen LogP contribution in [0.4, 0.5) is 10.5 Å². The Kier molecular flexibility index (Phi) is 6.40. The molecule has 0 aliphatic carbocycles. The third-order valence-electron chi connectivity index (χ3n) is 4.40. The normalized spacial score (nSPS) is 18.4. The van der Waals surface area contributed by atoms with E-state index in [9.17, 15) is 9.59 Å². The second-order valence-electron chi connectivity index (χ2n) is 6.30. The number of anilines is 1. The van der Waals surface area contributed by atoms with E-state index in [1.54, 1.807) is 23.1 Å². The first-order valence-corrected chi connectivity index (χ1v) is 8.37. The minimum atomic E-state index is -1.11. The smallest absolute Gasteiger partial charge is 0.405 e. The number of amides is 2. The Morgan fingerprint density at radius 3 is 2.81 bits per heavy atom. The second kappa shape index (κ2) is 8.36. The predicted molar refractivity (Wildman–Crippen MR) is 101 cm³/mol. The molecule has 2 atom stereocenters. The number of hydrogen-bond donors (Lipinski definition) is 3. The molecule has 1 aliphatic heterocycles. The number of hydrogen-bond acceptors (Lipinski definition) is 6. The van der Waals surface area contributed by atoms with Crippen LogP contribution in [-0.2, 0) is 11.2 Å². The molecule has 9 nitrogen and oxygen atoms in total. The van der Waals surface area contributed by atoms with Crippen molar-refractivity contribution in [2.75, 3.05) is 11.4 Å². The minimum absolute atomic E-state index is 0. The molecule has 146 valence electrons. The first kappa shape index (κ1) is 20.7. The number of nitrogens with one attached hydrogen (secondary N) is 1. The number of carbonyl (C=O) groups excluding carboxylic acids is 1. The van der Waals surface area contributed by atoms with Crippen molar-refractivity contribution in [3.8, 4) is 11.4 Å². The Morgan fingerprint density at radius 2 is 2.19 bits per heavy atom. The predicted octanol–water partition coefficient (Wildman–Crippen LogP) is 2.11. The molecule has 1 aliphatic rings.